The molecule has 0 radical (unpaired) electrons. The molecule has 0 heterocycles. The highest BCUT2D eigenvalue weighted by atomic mass is 13.9. The summed E-state index contributed by atoms with van der Waals surface area (Å²) in [6.07, 6.45) is 4.41. The monoisotopic (exact) mass is 174 g/mol. The van der Waals surface area contributed by atoms with Gasteiger partial charge in [-0.15, -0.1) is 6.58 Å². The van der Waals surface area contributed by atoms with E-state index in [1.54, 1.807) is 6.08 Å². The predicted octanol–water partition coefficient (Wildman–Crippen LogP) is 5.30. The predicted molar refractivity (Wildman–Crippen MR) is 63.7 cm³/mol. The number of hydrogen-bond donors (Lipinski definition) is 0. The zero-order chi connectivity index (χ0) is 9.70. The second-order valence-electron chi connectivity index (χ2n) is 2.33. The Morgan fingerprint density at radius 2 is 1.33 bits per heavy atom. The molecule has 0 N–H and O–H groups in total. The second kappa shape index (κ2) is 30.9. The molecule has 0 spiro atoms. The lowest BCUT2D eigenvalue weighted by molar-refractivity contribution is 0.544. The zero-order valence-corrected chi connectivity index (χ0v) is 9.28. The van der Waals surface area contributed by atoms with Gasteiger partial charge in [0.05, 0.1) is 0 Å². The van der Waals surface area contributed by atoms with Crippen LogP contribution in [0.5, 0.6) is 0 Å². The highest BCUT2D eigenvalue weighted by Gasteiger charge is 1.88. The summed E-state index contributed by atoms with van der Waals surface area (Å²) in [6, 6.07) is 0. The summed E-state index contributed by atoms with van der Waals surface area (Å²) in [5.41, 5.74) is 0. The molecule has 0 aromatic heterocycles. The SMILES string of the molecule is C.C=CC.CC.CCC(C)CC. The van der Waals surface area contributed by atoms with E-state index in [0.29, 0.717) is 0 Å². The van der Waals surface area contributed by atoms with Crippen LogP contribution in [0.25, 0.3) is 0 Å². The molecule has 0 rings (SSSR count). The van der Waals surface area contributed by atoms with E-state index in [-0.39, 0.29) is 7.43 Å². The largest absolute Gasteiger partial charge is 0.103 e. The van der Waals surface area contributed by atoms with E-state index in [4.69, 9.17) is 0 Å². The van der Waals surface area contributed by atoms with Crippen molar-refractivity contribution < 1.29 is 0 Å². The van der Waals surface area contributed by atoms with Crippen LogP contribution < -0.4 is 0 Å². The van der Waals surface area contributed by atoms with Crippen molar-refractivity contribution in [2.24, 2.45) is 5.92 Å². The molecule has 0 aliphatic carbocycles. The molecule has 0 bridgehead atoms. The first-order valence-electron chi connectivity index (χ1n) is 4.79. The summed E-state index contributed by atoms with van der Waals surface area (Å²) in [5, 5.41) is 0. The summed E-state index contributed by atoms with van der Waals surface area (Å²) in [7, 11) is 0. The Hall–Kier alpha value is -0.260. The maximum atomic E-state index is 3.36. The van der Waals surface area contributed by atoms with Crippen LogP contribution in [0.2, 0.25) is 0 Å². The highest BCUT2D eigenvalue weighted by molar-refractivity contribution is 4.51. The van der Waals surface area contributed by atoms with Crippen LogP contribution in [0, 0.1) is 5.92 Å². The standard InChI is InChI=1S/C6H14.C3H6.C2H6.CH4/c1-4-6(3)5-2;1-3-2;1-2;/h6H,4-5H2,1-3H3;3H,1H2,2H3;1-2H3;1H4. The van der Waals surface area contributed by atoms with E-state index in [9.17, 15) is 0 Å². The summed E-state index contributed by atoms with van der Waals surface area (Å²) >= 11 is 0. The smallest absolute Gasteiger partial charge is 0.0448 e. The third kappa shape index (κ3) is 53.2. The van der Waals surface area contributed by atoms with E-state index >= 15 is 0 Å². The first-order valence-corrected chi connectivity index (χ1v) is 4.79. The van der Waals surface area contributed by atoms with Crippen LogP contribution in [-0.2, 0) is 0 Å². The lowest BCUT2D eigenvalue weighted by Crippen LogP contribution is -1.85. The Morgan fingerprint density at radius 3 is 1.33 bits per heavy atom. The van der Waals surface area contributed by atoms with Gasteiger partial charge in [-0.2, -0.15) is 0 Å². The average Bonchev–Trinajstić information content (AvgIpc) is 2.08. The molecule has 0 aliphatic rings. The highest BCUT2D eigenvalue weighted by Crippen LogP contribution is 2.02. The molecule has 0 aromatic rings. The lowest BCUT2D eigenvalue weighted by Gasteiger charge is -1.98. The summed E-state index contributed by atoms with van der Waals surface area (Å²) in [4.78, 5) is 0. The molecule has 0 saturated carbocycles. The van der Waals surface area contributed by atoms with E-state index in [2.05, 4.69) is 27.4 Å². The Labute approximate surface area is 81.1 Å². The van der Waals surface area contributed by atoms with Crippen molar-refractivity contribution in [2.75, 3.05) is 0 Å². The molecule has 0 aromatic carbocycles. The molecule has 0 nitrogen and oxygen atoms in total. The van der Waals surface area contributed by atoms with Crippen LogP contribution in [0.4, 0.5) is 0 Å². The van der Waals surface area contributed by atoms with Crippen LogP contribution >= 0.6 is 0 Å². The lowest BCUT2D eigenvalue weighted by atomic mass is 10.1. The van der Waals surface area contributed by atoms with Crippen molar-refractivity contribution in [1.29, 1.82) is 0 Å². The van der Waals surface area contributed by atoms with Gasteiger partial charge in [0.15, 0.2) is 0 Å². The van der Waals surface area contributed by atoms with Crippen molar-refractivity contribution >= 4 is 0 Å². The fourth-order valence-corrected chi connectivity index (χ4v) is 0.289. The van der Waals surface area contributed by atoms with Crippen LogP contribution in [0.15, 0.2) is 12.7 Å². The van der Waals surface area contributed by atoms with Gasteiger partial charge in [0, 0.05) is 0 Å². The summed E-state index contributed by atoms with van der Waals surface area (Å²) in [6.45, 7) is 16.0. The maximum Gasteiger partial charge on any atom is -0.0448 e. The maximum absolute atomic E-state index is 3.36. The van der Waals surface area contributed by atoms with Gasteiger partial charge in [-0.25, -0.2) is 0 Å². The Bertz CT molecular complexity index is 42.0. The molecule has 0 unspecified atom stereocenters. The molecule has 0 heteroatoms. The van der Waals surface area contributed by atoms with Gasteiger partial charge < -0.3 is 0 Å². The van der Waals surface area contributed by atoms with Gasteiger partial charge in [0.2, 0.25) is 0 Å². The molecule has 0 saturated heterocycles. The van der Waals surface area contributed by atoms with Gasteiger partial charge in [-0.3, -0.25) is 0 Å². The minimum Gasteiger partial charge on any atom is -0.103 e. The Kier molecular flexibility index (Phi) is 58.3. The summed E-state index contributed by atoms with van der Waals surface area (Å²) in [5.74, 6) is 0.935. The molecule has 0 amide bonds. The Balaban J connectivity index is -0.0000000462. The van der Waals surface area contributed by atoms with Crippen molar-refractivity contribution in [1.82, 2.24) is 0 Å². The van der Waals surface area contributed by atoms with Crippen LogP contribution in [0.1, 0.15) is 61.8 Å². The normalized spacial score (nSPS) is 6.58. The average molecular weight is 174 g/mol. The van der Waals surface area contributed by atoms with Gasteiger partial charge in [-0.1, -0.05) is 61.0 Å². The number of allylic oxidation sites excluding steroid dienone is 1. The minimum atomic E-state index is 0. The molecule has 0 fully saturated rings. The van der Waals surface area contributed by atoms with Crippen molar-refractivity contribution in [3.63, 3.8) is 0 Å². The molecule has 0 aliphatic heterocycles. The molecular formula is C12H30. The van der Waals surface area contributed by atoms with Crippen molar-refractivity contribution in [3.8, 4) is 0 Å². The summed E-state index contributed by atoms with van der Waals surface area (Å²) < 4.78 is 0. The van der Waals surface area contributed by atoms with E-state index in [1.807, 2.05) is 20.8 Å². The number of rotatable bonds is 2. The van der Waals surface area contributed by atoms with E-state index < -0.39 is 0 Å². The van der Waals surface area contributed by atoms with Crippen molar-refractivity contribution in [3.05, 3.63) is 12.7 Å². The van der Waals surface area contributed by atoms with Gasteiger partial charge in [-0.05, 0) is 12.8 Å². The molecular weight excluding hydrogens is 144 g/mol. The zero-order valence-electron chi connectivity index (χ0n) is 9.28. The van der Waals surface area contributed by atoms with Gasteiger partial charge >= 0.3 is 0 Å². The fourth-order valence-electron chi connectivity index (χ4n) is 0.289. The first kappa shape index (κ1) is 22.6. The van der Waals surface area contributed by atoms with E-state index in [1.165, 1.54) is 12.8 Å². The van der Waals surface area contributed by atoms with E-state index in [0.717, 1.165) is 5.92 Å². The third-order valence-electron chi connectivity index (χ3n) is 1.39. The van der Waals surface area contributed by atoms with Gasteiger partial charge in [0.25, 0.3) is 0 Å². The molecule has 78 valence electrons. The van der Waals surface area contributed by atoms with Gasteiger partial charge in [0.1, 0.15) is 0 Å². The minimum absolute atomic E-state index is 0. The molecule has 12 heavy (non-hydrogen) atoms. The quantitative estimate of drug-likeness (QED) is 0.498. The first-order chi connectivity index (χ1) is 5.22. The Morgan fingerprint density at radius 1 is 1.17 bits per heavy atom. The third-order valence-corrected chi connectivity index (χ3v) is 1.39. The topological polar surface area (TPSA) is 0 Å². The van der Waals surface area contributed by atoms with Crippen LogP contribution in [0.3, 0.4) is 0 Å². The molecule has 0 atom stereocenters. The number of hydrogen-bond acceptors (Lipinski definition) is 0. The van der Waals surface area contributed by atoms with Crippen LogP contribution in [-0.4, -0.2) is 0 Å². The van der Waals surface area contributed by atoms with Crippen molar-refractivity contribution in [2.45, 2.75) is 61.8 Å². The fraction of sp³-hybridized carbons (Fsp3) is 0.833. The second-order valence-corrected chi connectivity index (χ2v) is 2.33.